The predicted octanol–water partition coefficient (Wildman–Crippen LogP) is 1.81. The average Bonchev–Trinajstić information content (AvgIpc) is 3.10. The van der Waals surface area contributed by atoms with E-state index in [9.17, 15) is 4.39 Å². The lowest BCUT2D eigenvalue weighted by molar-refractivity contribution is 0.301. The van der Waals surface area contributed by atoms with E-state index in [1.165, 1.54) is 6.07 Å². The van der Waals surface area contributed by atoms with Crippen molar-refractivity contribution in [2.75, 3.05) is 18.1 Å². The molecule has 0 aliphatic heterocycles. The molecule has 0 radical (unpaired) electrons. The summed E-state index contributed by atoms with van der Waals surface area (Å²) < 4.78 is 14.0. The summed E-state index contributed by atoms with van der Waals surface area (Å²) in [4.78, 5) is 1.95. The molecule has 1 fully saturated rings. The SMILES string of the molecule is C[C@@H](N)c1cccc(F)c1N(CCO)C1CC1. The Kier molecular flexibility index (Phi) is 3.64. The number of nitrogens with two attached hydrogens (primary N) is 1. The fraction of sp³-hybridized carbons (Fsp3) is 0.538. The van der Waals surface area contributed by atoms with Gasteiger partial charge in [-0.1, -0.05) is 12.1 Å². The van der Waals surface area contributed by atoms with Crippen LogP contribution in [0.1, 0.15) is 31.4 Å². The van der Waals surface area contributed by atoms with Crippen molar-refractivity contribution in [1.29, 1.82) is 0 Å². The van der Waals surface area contributed by atoms with Gasteiger partial charge in [0.15, 0.2) is 0 Å². The Labute approximate surface area is 101 Å². The third-order valence-corrected chi connectivity index (χ3v) is 3.12. The minimum atomic E-state index is -0.250. The van der Waals surface area contributed by atoms with E-state index in [-0.39, 0.29) is 18.5 Å². The van der Waals surface area contributed by atoms with Gasteiger partial charge in [0.05, 0.1) is 12.3 Å². The highest BCUT2D eigenvalue weighted by atomic mass is 19.1. The van der Waals surface area contributed by atoms with Gasteiger partial charge in [0.2, 0.25) is 0 Å². The van der Waals surface area contributed by atoms with Gasteiger partial charge in [-0.3, -0.25) is 0 Å². The molecule has 1 atom stereocenters. The number of rotatable bonds is 5. The monoisotopic (exact) mass is 238 g/mol. The lowest BCUT2D eigenvalue weighted by Crippen LogP contribution is -2.31. The third-order valence-electron chi connectivity index (χ3n) is 3.12. The van der Waals surface area contributed by atoms with Gasteiger partial charge < -0.3 is 15.7 Å². The molecule has 1 aromatic rings. The first-order chi connectivity index (χ1) is 8.15. The number of hydrogen-bond acceptors (Lipinski definition) is 3. The molecule has 2 rings (SSSR count). The van der Waals surface area contributed by atoms with Crippen molar-refractivity contribution >= 4 is 5.69 Å². The molecule has 3 N–H and O–H groups in total. The van der Waals surface area contributed by atoms with Crippen LogP contribution < -0.4 is 10.6 Å². The fourth-order valence-electron chi connectivity index (χ4n) is 2.17. The Bertz CT molecular complexity index is 391. The summed E-state index contributed by atoms with van der Waals surface area (Å²) in [5.74, 6) is -0.250. The number of para-hydroxylation sites is 1. The summed E-state index contributed by atoms with van der Waals surface area (Å²) in [6.45, 7) is 2.34. The smallest absolute Gasteiger partial charge is 0.146 e. The molecule has 0 unspecified atom stereocenters. The molecule has 17 heavy (non-hydrogen) atoms. The van der Waals surface area contributed by atoms with E-state index in [2.05, 4.69) is 0 Å². The van der Waals surface area contributed by atoms with Gasteiger partial charge in [0.1, 0.15) is 5.82 Å². The molecule has 1 aliphatic rings. The van der Waals surface area contributed by atoms with Gasteiger partial charge in [-0.05, 0) is 31.4 Å². The van der Waals surface area contributed by atoms with E-state index >= 15 is 0 Å². The summed E-state index contributed by atoms with van der Waals surface area (Å²) in [6, 6.07) is 5.14. The van der Waals surface area contributed by atoms with Crippen molar-refractivity contribution in [2.24, 2.45) is 5.73 Å². The number of hydrogen-bond donors (Lipinski definition) is 2. The number of anilines is 1. The summed E-state index contributed by atoms with van der Waals surface area (Å²) in [6.07, 6.45) is 2.12. The Hall–Kier alpha value is -1.13. The maximum atomic E-state index is 14.0. The normalized spacial score (nSPS) is 16.9. The lowest BCUT2D eigenvalue weighted by atomic mass is 10.1. The molecule has 94 valence electrons. The van der Waals surface area contributed by atoms with Crippen LogP contribution in [0.3, 0.4) is 0 Å². The van der Waals surface area contributed by atoms with Crippen LogP contribution in [0.4, 0.5) is 10.1 Å². The van der Waals surface area contributed by atoms with Crippen molar-refractivity contribution in [3.05, 3.63) is 29.6 Å². The lowest BCUT2D eigenvalue weighted by Gasteiger charge is -2.28. The highest BCUT2D eigenvalue weighted by molar-refractivity contribution is 5.57. The summed E-state index contributed by atoms with van der Waals surface area (Å²) in [5, 5.41) is 9.10. The van der Waals surface area contributed by atoms with Gasteiger partial charge in [0.25, 0.3) is 0 Å². The predicted molar refractivity (Wildman–Crippen MR) is 66.5 cm³/mol. The summed E-state index contributed by atoms with van der Waals surface area (Å²) >= 11 is 0. The van der Waals surface area contributed by atoms with Crippen molar-refractivity contribution in [2.45, 2.75) is 31.8 Å². The Morgan fingerprint density at radius 1 is 1.53 bits per heavy atom. The third kappa shape index (κ3) is 2.58. The molecule has 4 heteroatoms. The first-order valence-electron chi connectivity index (χ1n) is 6.06. The molecule has 3 nitrogen and oxygen atoms in total. The maximum Gasteiger partial charge on any atom is 0.146 e. The maximum absolute atomic E-state index is 14.0. The van der Waals surface area contributed by atoms with E-state index in [4.69, 9.17) is 10.8 Å². The molecule has 0 aromatic heterocycles. The zero-order valence-electron chi connectivity index (χ0n) is 10.1. The number of aliphatic hydroxyl groups is 1. The molecule has 0 amide bonds. The van der Waals surface area contributed by atoms with Crippen molar-refractivity contribution in [3.8, 4) is 0 Å². The second-order valence-electron chi connectivity index (χ2n) is 4.61. The van der Waals surface area contributed by atoms with E-state index in [1.54, 1.807) is 6.07 Å². The van der Waals surface area contributed by atoms with Crippen LogP contribution in [0.15, 0.2) is 18.2 Å². The van der Waals surface area contributed by atoms with Crippen LogP contribution in [-0.2, 0) is 0 Å². The summed E-state index contributed by atoms with van der Waals surface area (Å²) in [7, 11) is 0. The van der Waals surface area contributed by atoms with Crippen LogP contribution in [0.2, 0.25) is 0 Å². The molecule has 0 spiro atoms. The molecular formula is C13H19FN2O. The highest BCUT2D eigenvalue weighted by Crippen LogP contribution is 2.36. The van der Waals surface area contributed by atoms with Crippen LogP contribution in [0.25, 0.3) is 0 Å². The molecule has 0 heterocycles. The van der Waals surface area contributed by atoms with E-state index in [1.807, 2.05) is 17.9 Å². The molecular weight excluding hydrogens is 219 g/mol. The zero-order chi connectivity index (χ0) is 12.4. The highest BCUT2D eigenvalue weighted by Gasteiger charge is 2.32. The van der Waals surface area contributed by atoms with Gasteiger partial charge >= 0.3 is 0 Å². The zero-order valence-corrected chi connectivity index (χ0v) is 10.1. The van der Waals surface area contributed by atoms with Gasteiger partial charge in [0, 0.05) is 18.6 Å². The number of benzene rings is 1. The largest absolute Gasteiger partial charge is 0.395 e. The van der Waals surface area contributed by atoms with Gasteiger partial charge in [-0.15, -0.1) is 0 Å². The van der Waals surface area contributed by atoms with Crippen molar-refractivity contribution in [3.63, 3.8) is 0 Å². The first kappa shape index (κ1) is 12.3. The molecule has 1 saturated carbocycles. The second kappa shape index (κ2) is 5.02. The van der Waals surface area contributed by atoms with Crippen LogP contribution in [0, 0.1) is 5.82 Å². The summed E-state index contributed by atoms with van der Waals surface area (Å²) in [5.41, 5.74) is 7.26. The van der Waals surface area contributed by atoms with E-state index < -0.39 is 0 Å². The van der Waals surface area contributed by atoms with E-state index in [0.717, 1.165) is 18.4 Å². The van der Waals surface area contributed by atoms with E-state index in [0.29, 0.717) is 18.3 Å². The Morgan fingerprint density at radius 2 is 2.24 bits per heavy atom. The Balaban J connectivity index is 2.39. The quantitative estimate of drug-likeness (QED) is 0.822. The molecule has 0 bridgehead atoms. The number of nitrogens with zero attached hydrogens (tertiary/aromatic N) is 1. The standard InChI is InChI=1S/C13H19FN2O/c1-9(15)11-3-2-4-12(14)13(11)16(7-8-17)10-5-6-10/h2-4,9-10,17H,5-8,15H2,1H3/t9-/m1/s1. The number of aliphatic hydroxyl groups excluding tert-OH is 1. The molecule has 1 aromatic carbocycles. The van der Waals surface area contributed by atoms with Crippen molar-refractivity contribution < 1.29 is 9.50 Å². The van der Waals surface area contributed by atoms with Crippen LogP contribution >= 0.6 is 0 Å². The molecule has 0 saturated heterocycles. The fourth-order valence-corrected chi connectivity index (χ4v) is 2.17. The topological polar surface area (TPSA) is 49.5 Å². The Morgan fingerprint density at radius 3 is 2.76 bits per heavy atom. The van der Waals surface area contributed by atoms with Gasteiger partial charge in [-0.25, -0.2) is 4.39 Å². The van der Waals surface area contributed by atoms with Gasteiger partial charge in [-0.2, -0.15) is 0 Å². The number of halogens is 1. The van der Waals surface area contributed by atoms with Crippen molar-refractivity contribution in [1.82, 2.24) is 0 Å². The second-order valence-corrected chi connectivity index (χ2v) is 4.61. The van der Waals surface area contributed by atoms with Crippen LogP contribution in [-0.4, -0.2) is 24.3 Å². The molecule has 1 aliphatic carbocycles. The average molecular weight is 238 g/mol. The minimum Gasteiger partial charge on any atom is -0.395 e. The minimum absolute atomic E-state index is 0.0310. The van der Waals surface area contributed by atoms with Crippen LogP contribution in [0.5, 0.6) is 0 Å². The first-order valence-corrected chi connectivity index (χ1v) is 6.06.